The van der Waals surface area contributed by atoms with Crippen molar-refractivity contribution >= 4 is 44.8 Å². The average molecular weight is 421 g/mol. The van der Waals surface area contributed by atoms with Crippen LogP contribution >= 0.6 is 11.6 Å². The van der Waals surface area contributed by atoms with E-state index >= 15 is 0 Å². The molecule has 0 aliphatic heterocycles. The van der Waals surface area contributed by atoms with Gasteiger partial charge in [0, 0.05) is 41.7 Å². The van der Waals surface area contributed by atoms with Gasteiger partial charge in [-0.3, -0.25) is 10.1 Å². The van der Waals surface area contributed by atoms with Gasteiger partial charge in [0.25, 0.3) is 0 Å². The summed E-state index contributed by atoms with van der Waals surface area (Å²) >= 11 is 6.37. The molecule has 9 heteroatoms. The second kappa shape index (κ2) is 7.74. The maximum Gasteiger partial charge on any atom is 0.197 e. The second-order valence-electron chi connectivity index (χ2n) is 6.72. The van der Waals surface area contributed by atoms with Gasteiger partial charge in [-0.1, -0.05) is 11.6 Å². The fourth-order valence-electron chi connectivity index (χ4n) is 3.48. The fourth-order valence-corrected chi connectivity index (χ4v) is 3.68. The van der Waals surface area contributed by atoms with E-state index < -0.39 is 0 Å². The molecule has 150 valence electrons. The van der Waals surface area contributed by atoms with E-state index in [0.29, 0.717) is 40.5 Å². The van der Waals surface area contributed by atoms with Crippen molar-refractivity contribution in [3.05, 3.63) is 59.8 Å². The highest BCUT2D eigenvalue weighted by atomic mass is 35.5. The number of pyridine rings is 1. The predicted octanol–water partition coefficient (Wildman–Crippen LogP) is 4.48. The van der Waals surface area contributed by atoms with Gasteiger partial charge in [0.05, 0.1) is 22.6 Å². The van der Waals surface area contributed by atoms with Crippen LogP contribution in [0.3, 0.4) is 0 Å². The standard InChI is InChI=1S/C21H17ClN6O2/c22-13-4-5-14(17-15(3-1-10-29)27-28-19(13)17)26-18-12-6-9-23-11-16(12)30-20(18)21-24-7-2-8-25-21/h2,4-9,11,26,29H,1,3,10H2,(H,27,28). The first-order chi connectivity index (χ1) is 14.8. The summed E-state index contributed by atoms with van der Waals surface area (Å²) in [4.78, 5) is 12.8. The molecular formula is C21H17ClN6O2. The van der Waals surface area contributed by atoms with Gasteiger partial charge >= 0.3 is 0 Å². The molecule has 0 saturated carbocycles. The molecule has 5 aromatic rings. The predicted molar refractivity (Wildman–Crippen MR) is 115 cm³/mol. The summed E-state index contributed by atoms with van der Waals surface area (Å²) in [5, 5.41) is 22.4. The number of benzene rings is 1. The van der Waals surface area contributed by atoms with E-state index in [-0.39, 0.29) is 6.61 Å². The van der Waals surface area contributed by atoms with Crippen LogP contribution < -0.4 is 5.32 Å². The topological polar surface area (TPSA) is 113 Å². The lowest BCUT2D eigenvalue weighted by atomic mass is 10.1. The SMILES string of the molecule is OCCCc1[nH]nc2c(Cl)ccc(Nc3c(-c4ncccn4)oc4cnccc34)c12. The van der Waals surface area contributed by atoms with Crippen molar-refractivity contribution in [2.45, 2.75) is 12.8 Å². The molecule has 4 aromatic heterocycles. The van der Waals surface area contributed by atoms with Crippen molar-refractivity contribution in [1.82, 2.24) is 25.1 Å². The van der Waals surface area contributed by atoms with E-state index in [2.05, 4.69) is 30.5 Å². The number of aromatic amines is 1. The molecular weight excluding hydrogens is 404 g/mol. The molecule has 0 radical (unpaired) electrons. The minimum absolute atomic E-state index is 0.0959. The first-order valence-corrected chi connectivity index (χ1v) is 9.81. The summed E-state index contributed by atoms with van der Waals surface area (Å²) < 4.78 is 6.04. The number of anilines is 2. The molecule has 0 fully saturated rings. The van der Waals surface area contributed by atoms with Gasteiger partial charge in [-0.05, 0) is 37.1 Å². The van der Waals surface area contributed by atoms with Crippen molar-refractivity contribution in [3.8, 4) is 11.6 Å². The smallest absolute Gasteiger partial charge is 0.197 e. The third-order valence-corrected chi connectivity index (χ3v) is 5.14. The van der Waals surface area contributed by atoms with Crippen LogP contribution in [-0.4, -0.2) is 36.9 Å². The minimum atomic E-state index is 0.0959. The van der Waals surface area contributed by atoms with Gasteiger partial charge in [0.2, 0.25) is 0 Å². The number of aryl methyl sites for hydroxylation is 1. The number of halogens is 1. The van der Waals surface area contributed by atoms with Crippen LogP contribution in [0.25, 0.3) is 33.5 Å². The van der Waals surface area contributed by atoms with Crippen LogP contribution in [0.1, 0.15) is 12.1 Å². The first kappa shape index (κ1) is 18.5. The van der Waals surface area contributed by atoms with Crippen LogP contribution in [0.15, 0.2) is 53.5 Å². The Morgan fingerprint density at radius 1 is 1.13 bits per heavy atom. The molecule has 0 aliphatic carbocycles. The van der Waals surface area contributed by atoms with Crippen LogP contribution in [0, 0.1) is 0 Å². The van der Waals surface area contributed by atoms with E-state index in [0.717, 1.165) is 27.8 Å². The highest BCUT2D eigenvalue weighted by Crippen LogP contribution is 2.40. The lowest BCUT2D eigenvalue weighted by molar-refractivity contribution is 0.288. The normalized spacial score (nSPS) is 11.4. The molecule has 0 saturated heterocycles. The Balaban J connectivity index is 1.69. The number of fused-ring (bicyclic) bond motifs is 2. The Bertz CT molecular complexity index is 1330. The molecule has 0 atom stereocenters. The fraction of sp³-hybridized carbons (Fsp3) is 0.143. The quantitative estimate of drug-likeness (QED) is 0.371. The zero-order valence-corrected chi connectivity index (χ0v) is 16.5. The molecule has 0 spiro atoms. The molecule has 3 N–H and O–H groups in total. The van der Waals surface area contributed by atoms with Gasteiger partial charge in [-0.25, -0.2) is 9.97 Å². The van der Waals surface area contributed by atoms with Crippen molar-refractivity contribution in [1.29, 1.82) is 0 Å². The largest absolute Gasteiger partial charge is 0.449 e. The maximum absolute atomic E-state index is 9.24. The Hall–Kier alpha value is -3.49. The monoisotopic (exact) mass is 420 g/mol. The van der Waals surface area contributed by atoms with Gasteiger partial charge in [-0.15, -0.1) is 0 Å². The van der Waals surface area contributed by atoms with Crippen LogP contribution in [0.5, 0.6) is 0 Å². The second-order valence-corrected chi connectivity index (χ2v) is 7.13. The Kier molecular flexibility index (Phi) is 4.78. The molecule has 1 aromatic carbocycles. The van der Waals surface area contributed by atoms with Crippen LogP contribution in [0.4, 0.5) is 11.4 Å². The molecule has 0 unspecified atom stereocenters. The van der Waals surface area contributed by atoms with Crippen molar-refractivity contribution < 1.29 is 9.52 Å². The van der Waals surface area contributed by atoms with Gasteiger partial charge in [0.15, 0.2) is 17.2 Å². The molecule has 0 aliphatic rings. The first-order valence-electron chi connectivity index (χ1n) is 9.43. The molecule has 8 nitrogen and oxygen atoms in total. The van der Waals surface area contributed by atoms with Crippen molar-refractivity contribution in [3.63, 3.8) is 0 Å². The van der Waals surface area contributed by atoms with E-state index in [1.54, 1.807) is 36.9 Å². The number of aromatic nitrogens is 5. The van der Waals surface area contributed by atoms with E-state index in [9.17, 15) is 5.11 Å². The minimum Gasteiger partial charge on any atom is -0.449 e. The van der Waals surface area contributed by atoms with Crippen molar-refractivity contribution in [2.75, 3.05) is 11.9 Å². The molecule has 0 bridgehead atoms. The summed E-state index contributed by atoms with van der Waals surface area (Å²) in [6.07, 6.45) is 7.97. The van der Waals surface area contributed by atoms with E-state index in [1.807, 2.05) is 12.1 Å². The lowest BCUT2D eigenvalue weighted by Gasteiger charge is -2.10. The highest BCUT2D eigenvalue weighted by Gasteiger charge is 2.21. The maximum atomic E-state index is 9.24. The number of hydrogen-bond acceptors (Lipinski definition) is 7. The summed E-state index contributed by atoms with van der Waals surface area (Å²) in [6.45, 7) is 0.0959. The number of nitrogens with zero attached hydrogens (tertiary/aromatic N) is 4. The molecule has 5 rings (SSSR count). The van der Waals surface area contributed by atoms with Gasteiger partial charge in [-0.2, -0.15) is 5.10 Å². The number of furan rings is 1. The summed E-state index contributed by atoms with van der Waals surface area (Å²) in [5.41, 5.74) is 3.74. The number of nitrogens with one attached hydrogen (secondary N) is 2. The Labute approximate surface area is 176 Å². The third kappa shape index (κ3) is 3.16. The van der Waals surface area contributed by atoms with Gasteiger partial charge in [0.1, 0.15) is 5.52 Å². The summed E-state index contributed by atoms with van der Waals surface area (Å²) in [5.74, 6) is 0.983. The number of H-pyrrole nitrogens is 1. The highest BCUT2D eigenvalue weighted by molar-refractivity contribution is 6.35. The number of rotatable bonds is 6. The number of aliphatic hydroxyl groups is 1. The van der Waals surface area contributed by atoms with Crippen LogP contribution in [-0.2, 0) is 6.42 Å². The molecule has 30 heavy (non-hydrogen) atoms. The average Bonchev–Trinajstić information content (AvgIpc) is 3.37. The Morgan fingerprint density at radius 3 is 2.83 bits per heavy atom. The zero-order chi connectivity index (χ0) is 20.5. The van der Waals surface area contributed by atoms with Crippen LogP contribution in [0.2, 0.25) is 5.02 Å². The lowest BCUT2D eigenvalue weighted by Crippen LogP contribution is -1.96. The Morgan fingerprint density at radius 2 is 2.00 bits per heavy atom. The third-order valence-electron chi connectivity index (χ3n) is 4.84. The van der Waals surface area contributed by atoms with Gasteiger partial charge < -0.3 is 14.8 Å². The van der Waals surface area contributed by atoms with Crippen molar-refractivity contribution in [2.24, 2.45) is 0 Å². The zero-order valence-electron chi connectivity index (χ0n) is 15.8. The summed E-state index contributed by atoms with van der Waals surface area (Å²) in [7, 11) is 0. The number of aliphatic hydroxyl groups excluding tert-OH is 1. The molecule has 0 amide bonds. The number of hydrogen-bond donors (Lipinski definition) is 3. The molecule has 4 heterocycles. The van der Waals surface area contributed by atoms with E-state index in [4.69, 9.17) is 16.0 Å². The van der Waals surface area contributed by atoms with E-state index in [1.165, 1.54) is 0 Å². The summed E-state index contributed by atoms with van der Waals surface area (Å²) in [6, 6.07) is 7.33.